The van der Waals surface area contributed by atoms with Crippen LogP contribution in [0.2, 0.25) is 0 Å². The molecule has 0 radical (unpaired) electrons. The molecular weight excluding hydrogens is 212 g/mol. The molecule has 0 fully saturated rings. The Hall–Kier alpha value is -2.09. The monoisotopic (exact) mass is 224 g/mol. The molecular formula is C15H12O2. The van der Waals surface area contributed by atoms with Gasteiger partial charge in [-0.25, -0.2) is 0 Å². The van der Waals surface area contributed by atoms with Crippen LogP contribution < -0.4 is 5.43 Å². The third-order valence-electron chi connectivity index (χ3n) is 3.12. The molecule has 2 aliphatic rings. The fraction of sp³-hybridized carbons (Fsp3) is 0.133. The van der Waals surface area contributed by atoms with Crippen molar-refractivity contribution in [2.45, 2.75) is 13.8 Å². The second kappa shape index (κ2) is 3.45. The van der Waals surface area contributed by atoms with Crippen molar-refractivity contribution < 1.29 is 4.42 Å². The maximum atomic E-state index is 11.3. The van der Waals surface area contributed by atoms with Crippen LogP contribution in [0.15, 0.2) is 45.6 Å². The molecule has 3 rings (SSSR count). The number of hydrogen-bond acceptors (Lipinski definition) is 2. The van der Waals surface area contributed by atoms with Gasteiger partial charge in [-0.2, -0.15) is 0 Å². The summed E-state index contributed by atoms with van der Waals surface area (Å²) in [4.78, 5) is 11.3. The van der Waals surface area contributed by atoms with Crippen LogP contribution >= 0.6 is 0 Å². The molecule has 1 aliphatic heterocycles. The third kappa shape index (κ3) is 1.53. The van der Waals surface area contributed by atoms with Gasteiger partial charge in [0.25, 0.3) is 0 Å². The van der Waals surface area contributed by atoms with Crippen LogP contribution in [0, 0.1) is 13.8 Å². The van der Waals surface area contributed by atoms with Gasteiger partial charge in [0.15, 0.2) is 5.43 Å². The van der Waals surface area contributed by atoms with Crippen molar-refractivity contribution >= 4 is 11.0 Å². The lowest BCUT2D eigenvalue weighted by Gasteiger charge is -2.11. The number of rotatable bonds is 0. The lowest BCUT2D eigenvalue weighted by atomic mass is 10.00. The standard InChI is InChI=1S/C15H12O2/c1-9-3-6-14-13(7-9)10(2)12-5-4-11(16)8-15(12)17-14/h3-8H,1-2H3. The molecule has 1 heterocycles. The van der Waals surface area contributed by atoms with E-state index in [1.807, 2.05) is 18.2 Å². The van der Waals surface area contributed by atoms with E-state index >= 15 is 0 Å². The van der Waals surface area contributed by atoms with Crippen LogP contribution in [0.25, 0.3) is 22.3 Å². The van der Waals surface area contributed by atoms with Crippen molar-refractivity contribution in [2.24, 2.45) is 0 Å². The van der Waals surface area contributed by atoms with Gasteiger partial charge < -0.3 is 4.42 Å². The molecule has 84 valence electrons. The van der Waals surface area contributed by atoms with Gasteiger partial charge in [0.05, 0.1) is 0 Å². The highest BCUT2D eigenvalue weighted by molar-refractivity contribution is 5.87. The molecule has 2 nitrogen and oxygen atoms in total. The van der Waals surface area contributed by atoms with Crippen LogP contribution in [0.1, 0.15) is 11.1 Å². The number of aryl methyl sites for hydroxylation is 2. The van der Waals surface area contributed by atoms with Gasteiger partial charge in [0.2, 0.25) is 0 Å². The predicted octanol–water partition coefficient (Wildman–Crippen LogP) is 3.51. The molecule has 1 aromatic rings. The summed E-state index contributed by atoms with van der Waals surface area (Å²) in [5.74, 6) is 0.659. The third-order valence-corrected chi connectivity index (χ3v) is 3.12. The molecule has 0 aromatic heterocycles. The van der Waals surface area contributed by atoms with Crippen molar-refractivity contribution in [2.75, 3.05) is 0 Å². The van der Waals surface area contributed by atoms with E-state index in [0.717, 1.165) is 22.1 Å². The normalized spacial score (nSPS) is 11.2. The molecule has 0 saturated heterocycles. The SMILES string of the molecule is Cc1ccc2oc3cc(=O)ccc-3c(C)c2c1. The van der Waals surface area contributed by atoms with Crippen LogP contribution in [0.5, 0.6) is 0 Å². The molecule has 0 saturated carbocycles. The van der Waals surface area contributed by atoms with Crippen LogP contribution in [0.3, 0.4) is 0 Å². The fourth-order valence-corrected chi connectivity index (χ4v) is 2.19. The molecule has 1 aliphatic carbocycles. The Balaban J connectivity index is 2.53. The van der Waals surface area contributed by atoms with Gasteiger partial charge in [0.1, 0.15) is 11.3 Å². The summed E-state index contributed by atoms with van der Waals surface area (Å²) in [5, 5.41) is 1.11. The zero-order valence-electron chi connectivity index (χ0n) is 9.78. The first-order valence-corrected chi connectivity index (χ1v) is 5.59. The van der Waals surface area contributed by atoms with Gasteiger partial charge in [-0.05, 0) is 43.7 Å². The Morgan fingerprint density at radius 1 is 1.00 bits per heavy atom. The van der Waals surface area contributed by atoms with Crippen LogP contribution in [0.4, 0.5) is 0 Å². The van der Waals surface area contributed by atoms with Crippen molar-refractivity contribution in [1.29, 1.82) is 0 Å². The Morgan fingerprint density at radius 2 is 1.82 bits per heavy atom. The van der Waals surface area contributed by atoms with Gasteiger partial charge >= 0.3 is 0 Å². The quantitative estimate of drug-likeness (QED) is 0.547. The summed E-state index contributed by atoms with van der Waals surface area (Å²) in [6, 6.07) is 11.0. The molecule has 0 atom stereocenters. The van der Waals surface area contributed by atoms with Crippen LogP contribution in [-0.4, -0.2) is 0 Å². The Kier molecular flexibility index (Phi) is 2.05. The highest BCUT2D eigenvalue weighted by atomic mass is 16.3. The van der Waals surface area contributed by atoms with E-state index in [4.69, 9.17) is 4.42 Å². The first-order chi connectivity index (χ1) is 8.15. The molecule has 0 spiro atoms. The van der Waals surface area contributed by atoms with Gasteiger partial charge in [0, 0.05) is 17.0 Å². The van der Waals surface area contributed by atoms with E-state index in [1.54, 1.807) is 12.1 Å². The van der Waals surface area contributed by atoms with E-state index in [1.165, 1.54) is 5.56 Å². The smallest absolute Gasteiger partial charge is 0.182 e. The Bertz CT molecular complexity index is 738. The molecule has 0 amide bonds. The minimum Gasteiger partial charge on any atom is -0.456 e. The summed E-state index contributed by atoms with van der Waals surface area (Å²) in [6.07, 6.45) is 0. The second-order valence-electron chi connectivity index (χ2n) is 4.38. The first-order valence-electron chi connectivity index (χ1n) is 5.59. The zero-order valence-corrected chi connectivity index (χ0v) is 9.78. The van der Waals surface area contributed by atoms with E-state index in [9.17, 15) is 4.79 Å². The lowest BCUT2D eigenvalue weighted by Crippen LogP contribution is -1.99. The summed E-state index contributed by atoms with van der Waals surface area (Å²) in [5.41, 5.74) is 4.17. The van der Waals surface area contributed by atoms with E-state index < -0.39 is 0 Å². The van der Waals surface area contributed by atoms with E-state index in [-0.39, 0.29) is 5.43 Å². The topological polar surface area (TPSA) is 30.2 Å². The predicted molar refractivity (Wildman–Crippen MR) is 68.6 cm³/mol. The second-order valence-corrected chi connectivity index (χ2v) is 4.38. The minimum atomic E-state index is -0.0212. The average Bonchev–Trinajstić information content (AvgIpc) is 2.30. The van der Waals surface area contributed by atoms with Crippen molar-refractivity contribution in [1.82, 2.24) is 0 Å². The average molecular weight is 224 g/mol. The Morgan fingerprint density at radius 3 is 2.65 bits per heavy atom. The zero-order chi connectivity index (χ0) is 12.0. The summed E-state index contributed by atoms with van der Waals surface area (Å²) < 4.78 is 5.76. The Labute approximate surface area is 98.8 Å². The van der Waals surface area contributed by atoms with Crippen LogP contribution in [-0.2, 0) is 0 Å². The van der Waals surface area contributed by atoms with Crippen molar-refractivity contribution in [3.63, 3.8) is 0 Å². The fourth-order valence-electron chi connectivity index (χ4n) is 2.19. The summed E-state index contributed by atoms with van der Waals surface area (Å²) in [7, 11) is 0. The van der Waals surface area contributed by atoms with Crippen molar-refractivity contribution in [3.05, 3.63) is 57.7 Å². The van der Waals surface area contributed by atoms with Gasteiger partial charge in [-0.3, -0.25) is 4.79 Å². The lowest BCUT2D eigenvalue weighted by molar-refractivity contribution is 0.617. The summed E-state index contributed by atoms with van der Waals surface area (Å²) in [6.45, 7) is 4.12. The molecule has 0 bridgehead atoms. The summed E-state index contributed by atoms with van der Waals surface area (Å²) >= 11 is 0. The number of benzene rings is 2. The van der Waals surface area contributed by atoms with E-state index in [2.05, 4.69) is 19.9 Å². The molecule has 2 heteroatoms. The number of fused-ring (bicyclic) bond motifs is 2. The van der Waals surface area contributed by atoms with Gasteiger partial charge in [-0.1, -0.05) is 11.6 Å². The highest BCUT2D eigenvalue weighted by Gasteiger charge is 2.12. The first kappa shape index (κ1) is 10.1. The van der Waals surface area contributed by atoms with Crippen molar-refractivity contribution in [3.8, 4) is 11.3 Å². The molecule has 17 heavy (non-hydrogen) atoms. The van der Waals surface area contributed by atoms with E-state index in [0.29, 0.717) is 5.76 Å². The molecule has 0 N–H and O–H groups in total. The minimum absolute atomic E-state index is 0.0212. The highest BCUT2D eigenvalue weighted by Crippen LogP contribution is 2.31. The van der Waals surface area contributed by atoms with Gasteiger partial charge in [-0.15, -0.1) is 0 Å². The maximum absolute atomic E-state index is 11.3. The maximum Gasteiger partial charge on any atom is 0.182 e. The molecule has 1 aromatic carbocycles. The largest absolute Gasteiger partial charge is 0.456 e. The molecule has 0 unspecified atom stereocenters. The number of hydrogen-bond donors (Lipinski definition) is 0.